The van der Waals surface area contributed by atoms with Crippen molar-refractivity contribution in [2.24, 2.45) is 0 Å². The van der Waals surface area contributed by atoms with Gasteiger partial charge in [-0.05, 0) is 24.3 Å². The maximum absolute atomic E-state index is 12.9. The van der Waals surface area contributed by atoms with Crippen molar-refractivity contribution in [3.63, 3.8) is 0 Å². The number of nitrogens with zero attached hydrogens (tertiary/aromatic N) is 3. The Bertz CT molecular complexity index is 724. The quantitative estimate of drug-likeness (QED) is 0.410. The lowest BCUT2D eigenvalue weighted by molar-refractivity contribution is 0.628. The van der Waals surface area contributed by atoms with Crippen molar-refractivity contribution in [1.29, 1.82) is 0 Å². The van der Waals surface area contributed by atoms with Crippen LogP contribution in [0.15, 0.2) is 34.4 Å². The second kappa shape index (κ2) is 4.49. The summed E-state index contributed by atoms with van der Waals surface area (Å²) >= 11 is 9.75. The molecule has 0 aliphatic rings. The van der Waals surface area contributed by atoms with Crippen molar-refractivity contribution in [2.75, 3.05) is 0 Å². The zero-order valence-electron chi connectivity index (χ0n) is 8.83. The van der Waals surface area contributed by atoms with E-state index in [0.717, 1.165) is 15.4 Å². The molecule has 0 N–H and O–H groups in total. The summed E-state index contributed by atoms with van der Waals surface area (Å²) < 4.78 is 12.9. The summed E-state index contributed by atoms with van der Waals surface area (Å²) in [6, 6.07) is 6.16. The van der Waals surface area contributed by atoms with E-state index < -0.39 is 0 Å². The predicted molar refractivity (Wildman–Crippen MR) is 75.1 cm³/mol. The van der Waals surface area contributed by atoms with Gasteiger partial charge in [-0.3, -0.25) is 0 Å². The molecule has 18 heavy (non-hydrogen) atoms. The van der Waals surface area contributed by atoms with Gasteiger partial charge in [0.2, 0.25) is 0 Å². The molecule has 0 spiro atoms. The molecular weight excluding hydrogens is 289 g/mol. The first kappa shape index (κ1) is 11.9. The van der Waals surface area contributed by atoms with E-state index in [1.807, 2.05) is 0 Å². The minimum absolute atomic E-state index is 0.271. The van der Waals surface area contributed by atoms with E-state index in [2.05, 4.69) is 40.2 Å². The van der Waals surface area contributed by atoms with Crippen LogP contribution in [0.2, 0.25) is 0 Å². The molecule has 0 amide bonds. The normalized spacial score (nSPS) is 11.1. The van der Waals surface area contributed by atoms with Crippen LogP contribution in [-0.4, -0.2) is 15.0 Å². The van der Waals surface area contributed by atoms with Crippen LogP contribution in [0.5, 0.6) is 0 Å². The van der Waals surface area contributed by atoms with Gasteiger partial charge in [-0.25, -0.2) is 19.3 Å². The van der Waals surface area contributed by atoms with Gasteiger partial charge in [-0.15, -0.1) is 25.3 Å². The summed E-state index contributed by atoms with van der Waals surface area (Å²) in [6.45, 7) is 0. The molecule has 0 saturated heterocycles. The Morgan fingerprint density at radius 1 is 1.00 bits per heavy atom. The maximum Gasteiger partial charge on any atom is 0.186 e. The van der Waals surface area contributed by atoms with Crippen molar-refractivity contribution in [3.8, 4) is 10.6 Å². The molecule has 3 rings (SSSR count). The Morgan fingerprint density at radius 3 is 2.44 bits per heavy atom. The molecule has 2 heterocycles. The third kappa shape index (κ3) is 2.09. The molecule has 1 aromatic carbocycles. The van der Waals surface area contributed by atoms with Crippen molar-refractivity contribution in [1.82, 2.24) is 15.0 Å². The number of hydrogen-bond donors (Lipinski definition) is 2. The van der Waals surface area contributed by atoms with Gasteiger partial charge >= 0.3 is 0 Å². The highest BCUT2D eigenvalue weighted by atomic mass is 32.1. The molecule has 0 radical (unpaired) electrons. The first-order valence-electron chi connectivity index (χ1n) is 4.96. The van der Waals surface area contributed by atoms with Gasteiger partial charge in [0.15, 0.2) is 5.16 Å². The van der Waals surface area contributed by atoms with Crippen LogP contribution in [0.3, 0.4) is 0 Å². The van der Waals surface area contributed by atoms with E-state index in [1.54, 1.807) is 12.1 Å². The topological polar surface area (TPSA) is 38.7 Å². The summed E-state index contributed by atoms with van der Waals surface area (Å²) in [5.74, 6) is -0.271. The van der Waals surface area contributed by atoms with Crippen LogP contribution in [-0.2, 0) is 0 Å². The van der Waals surface area contributed by atoms with Crippen LogP contribution in [0, 0.1) is 5.82 Å². The number of fused-ring (bicyclic) bond motifs is 1. The van der Waals surface area contributed by atoms with Crippen LogP contribution in [0.1, 0.15) is 0 Å². The van der Waals surface area contributed by atoms with Gasteiger partial charge in [0, 0.05) is 5.56 Å². The molecular formula is C11H6FN3S3. The van der Waals surface area contributed by atoms with Gasteiger partial charge in [0.25, 0.3) is 0 Å². The standard InChI is InChI=1S/C11H6FN3S3/c12-6-3-1-5(2-4-6)9-13-7-8(16)14-11(17)15-10(7)18-9/h1-4H,(H2,14,15,16,17). The molecule has 90 valence electrons. The van der Waals surface area contributed by atoms with E-state index in [-0.39, 0.29) is 5.82 Å². The first-order valence-corrected chi connectivity index (χ1v) is 6.67. The second-order valence-electron chi connectivity index (χ2n) is 3.53. The Hall–Kier alpha value is -1.18. The Morgan fingerprint density at radius 2 is 1.72 bits per heavy atom. The van der Waals surface area contributed by atoms with Crippen molar-refractivity contribution in [3.05, 3.63) is 30.1 Å². The number of thiol groups is 2. The average molecular weight is 295 g/mol. The van der Waals surface area contributed by atoms with Crippen molar-refractivity contribution >= 4 is 46.9 Å². The number of rotatable bonds is 1. The minimum atomic E-state index is -0.271. The van der Waals surface area contributed by atoms with Gasteiger partial charge < -0.3 is 0 Å². The number of aromatic nitrogens is 3. The van der Waals surface area contributed by atoms with Crippen LogP contribution in [0.4, 0.5) is 4.39 Å². The average Bonchev–Trinajstić information content (AvgIpc) is 2.74. The zero-order valence-corrected chi connectivity index (χ0v) is 11.4. The fourth-order valence-electron chi connectivity index (χ4n) is 1.51. The molecule has 0 unspecified atom stereocenters. The van der Waals surface area contributed by atoms with E-state index in [9.17, 15) is 4.39 Å². The molecule has 0 bridgehead atoms. The monoisotopic (exact) mass is 295 g/mol. The predicted octanol–water partition coefficient (Wildman–Crippen LogP) is 3.47. The van der Waals surface area contributed by atoms with Crippen LogP contribution >= 0.6 is 36.6 Å². The van der Waals surface area contributed by atoms with E-state index >= 15 is 0 Å². The first-order chi connectivity index (χ1) is 8.63. The molecule has 0 fully saturated rings. The summed E-state index contributed by atoms with van der Waals surface area (Å²) in [6.07, 6.45) is 0. The number of halogens is 1. The fourth-order valence-corrected chi connectivity index (χ4v) is 3.13. The highest BCUT2D eigenvalue weighted by Crippen LogP contribution is 2.31. The SMILES string of the molecule is Fc1ccc(-c2nc3c(S)nc(S)nc3s2)cc1. The highest BCUT2D eigenvalue weighted by Gasteiger charge is 2.11. The summed E-state index contributed by atoms with van der Waals surface area (Å²) in [7, 11) is 0. The van der Waals surface area contributed by atoms with Gasteiger partial charge in [0.1, 0.15) is 26.2 Å². The lowest BCUT2D eigenvalue weighted by Crippen LogP contribution is -1.85. The number of benzene rings is 1. The summed E-state index contributed by atoms with van der Waals surface area (Å²) in [4.78, 5) is 13.3. The third-order valence-corrected chi connectivity index (χ3v) is 3.83. The zero-order chi connectivity index (χ0) is 12.7. The number of thiazole rings is 1. The molecule has 3 nitrogen and oxygen atoms in total. The molecule has 3 aromatic rings. The molecule has 0 aliphatic heterocycles. The molecule has 0 atom stereocenters. The second-order valence-corrected chi connectivity index (χ2v) is 5.33. The van der Waals surface area contributed by atoms with E-state index in [1.165, 1.54) is 23.5 Å². The highest BCUT2D eigenvalue weighted by molar-refractivity contribution is 7.81. The molecule has 0 saturated carbocycles. The van der Waals surface area contributed by atoms with Gasteiger partial charge in [-0.2, -0.15) is 0 Å². The van der Waals surface area contributed by atoms with Gasteiger partial charge in [-0.1, -0.05) is 11.3 Å². The van der Waals surface area contributed by atoms with Crippen LogP contribution in [0.25, 0.3) is 20.9 Å². The maximum atomic E-state index is 12.9. The van der Waals surface area contributed by atoms with Crippen molar-refractivity contribution in [2.45, 2.75) is 10.2 Å². The van der Waals surface area contributed by atoms with Crippen molar-refractivity contribution < 1.29 is 4.39 Å². The molecule has 7 heteroatoms. The smallest absolute Gasteiger partial charge is 0.186 e. The third-order valence-electron chi connectivity index (χ3n) is 2.32. The van der Waals surface area contributed by atoms with E-state index in [0.29, 0.717) is 15.7 Å². The largest absolute Gasteiger partial charge is 0.231 e. The number of hydrogen-bond acceptors (Lipinski definition) is 6. The fraction of sp³-hybridized carbons (Fsp3) is 0. The Balaban J connectivity index is 2.19. The Labute approximate surface area is 117 Å². The summed E-state index contributed by atoms with van der Waals surface area (Å²) in [5, 5.41) is 1.62. The lowest BCUT2D eigenvalue weighted by atomic mass is 10.2. The molecule has 0 aliphatic carbocycles. The minimum Gasteiger partial charge on any atom is -0.231 e. The molecule has 2 aromatic heterocycles. The Kier molecular flexibility index (Phi) is 2.96. The lowest BCUT2D eigenvalue weighted by Gasteiger charge is -1.94. The summed E-state index contributed by atoms with van der Waals surface area (Å²) in [5.41, 5.74) is 1.48. The van der Waals surface area contributed by atoms with E-state index in [4.69, 9.17) is 0 Å². The van der Waals surface area contributed by atoms with Gasteiger partial charge in [0.05, 0.1) is 0 Å². The van der Waals surface area contributed by atoms with Crippen LogP contribution < -0.4 is 0 Å².